The Kier molecular flexibility index (Phi) is 3.81. The highest BCUT2D eigenvalue weighted by Gasteiger charge is 2.38. The van der Waals surface area contributed by atoms with E-state index in [0.29, 0.717) is 28.4 Å². The van der Waals surface area contributed by atoms with E-state index < -0.39 is 5.92 Å². The molecule has 2 aliphatic heterocycles. The molecule has 0 amide bonds. The minimum Gasteiger partial charge on any atom is -0.508 e. The number of phenols is 1. The van der Waals surface area contributed by atoms with E-state index in [9.17, 15) is 14.7 Å². The van der Waals surface area contributed by atoms with Gasteiger partial charge in [-0.2, -0.15) is 0 Å². The number of hydrogen-bond acceptors (Lipinski definition) is 6. The van der Waals surface area contributed by atoms with Crippen LogP contribution >= 0.6 is 0 Å². The predicted molar refractivity (Wildman–Crippen MR) is 103 cm³/mol. The normalized spacial score (nSPS) is 18.9. The summed E-state index contributed by atoms with van der Waals surface area (Å²) in [5.41, 5.74) is 1.77. The Morgan fingerprint density at radius 2 is 1.93 bits per heavy atom. The number of aryl methyl sites for hydroxylation is 1. The molecule has 0 radical (unpaired) electrons. The van der Waals surface area contributed by atoms with Crippen LogP contribution in [0.2, 0.25) is 0 Å². The number of furan rings is 1. The first kappa shape index (κ1) is 17.3. The van der Waals surface area contributed by atoms with Crippen LogP contribution in [0.25, 0.3) is 6.08 Å². The first-order chi connectivity index (χ1) is 14.0. The summed E-state index contributed by atoms with van der Waals surface area (Å²) in [6, 6.07) is 13.5. The zero-order chi connectivity index (χ0) is 20.1. The van der Waals surface area contributed by atoms with E-state index in [2.05, 4.69) is 0 Å². The largest absolute Gasteiger partial charge is 0.508 e. The first-order valence-corrected chi connectivity index (χ1v) is 9.17. The minimum absolute atomic E-state index is 0.0842. The van der Waals surface area contributed by atoms with E-state index in [4.69, 9.17) is 13.9 Å². The summed E-state index contributed by atoms with van der Waals surface area (Å²) in [6.07, 6.45) is 1.64. The highest BCUT2D eigenvalue weighted by Crippen LogP contribution is 2.49. The maximum atomic E-state index is 12.9. The molecule has 0 spiro atoms. The Balaban J connectivity index is 1.63. The highest BCUT2D eigenvalue weighted by atomic mass is 16.5. The van der Waals surface area contributed by atoms with Crippen molar-refractivity contribution in [2.75, 3.05) is 0 Å². The predicted octanol–water partition coefficient (Wildman–Crippen LogP) is 4.35. The lowest BCUT2D eigenvalue weighted by Gasteiger charge is -2.26. The van der Waals surface area contributed by atoms with Gasteiger partial charge in [0.05, 0.1) is 12.0 Å². The molecule has 2 aromatic carbocycles. The third kappa shape index (κ3) is 2.89. The van der Waals surface area contributed by atoms with E-state index in [1.807, 2.05) is 13.0 Å². The summed E-state index contributed by atoms with van der Waals surface area (Å²) in [6.45, 7) is 1.82. The summed E-state index contributed by atoms with van der Waals surface area (Å²) in [5.74, 6) is 1.19. The SMILES string of the molecule is Cc1ccc(C=C2Oc3c(ccc4c3C(c3cccc(O)c3)CC(=O)O4)C2=O)o1. The number of Topliss-reactive ketones (excluding diaryl/α,β-unsaturated/α-hetero) is 1. The van der Waals surface area contributed by atoms with Crippen LogP contribution in [0, 0.1) is 6.92 Å². The second-order valence-electron chi connectivity index (χ2n) is 7.07. The molecule has 2 aliphatic rings. The van der Waals surface area contributed by atoms with Crippen molar-refractivity contribution in [1.29, 1.82) is 0 Å². The highest BCUT2D eigenvalue weighted by molar-refractivity contribution is 6.15. The maximum Gasteiger partial charge on any atom is 0.312 e. The molecule has 144 valence electrons. The van der Waals surface area contributed by atoms with Crippen molar-refractivity contribution in [1.82, 2.24) is 0 Å². The smallest absolute Gasteiger partial charge is 0.312 e. The van der Waals surface area contributed by atoms with Gasteiger partial charge in [0.1, 0.15) is 28.8 Å². The van der Waals surface area contributed by atoms with E-state index in [1.54, 1.807) is 48.5 Å². The van der Waals surface area contributed by atoms with E-state index in [0.717, 1.165) is 11.3 Å². The molecule has 1 atom stereocenters. The molecule has 6 heteroatoms. The Morgan fingerprint density at radius 1 is 1.07 bits per heavy atom. The second-order valence-corrected chi connectivity index (χ2v) is 7.07. The van der Waals surface area contributed by atoms with Crippen molar-refractivity contribution >= 4 is 17.8 Å². The van der Waals surface area contributed by atoms with Crippen LogP contribution in [0.3, 0.4) is 0 Å². The molecule has 0 aliphatic carbocycles. The van der Waals surface area contributed by atoms with Crippen molar-refractivity contribution in [3.8, 4) is 17.2 Å². The zero-order valence-electron chi connectivity index (χ0n) is 15.5. The van der Waals surface area contributed by atoms with E-state index in [-0.39, 0.29) is 29.7 Å². The van der Waals surface area contributed by atoms with Crippen molar-refractivity contribution in [3.05, 3.63) is 82.5 Å². The number of rotatable bonds is 2. The fraction of sp³-hybridized carbons (Fsp3) is 0.130. The minimum atomic E-state index is -0.397. The van der Waals surface area contributed by atoms with Gasteiger partial charge in [-0.3, -0.25) is 9.59 Å². The monoisotopic (exact) mass is 388 g/mol. The fourth-order valence-corrected chi connectivity index (χ4v) is 3.79. The van der Waals surface area contributed by atoms with Crippen molar-refractivity contribution in [2.45, 2.75) is 19.3 Å². The lowest BCUT2D eigenvalue weighted by atomic mass is 9.84. The first-order valence-electron chi connectivity index (χ1n) is 9.17. The van der Waals surface area contributed by atoms with Gasteiger partial charge in [-0.1, -0.05) is 12.1 Å². The van der Waals surface area contributed by atoms with Gasteiger partial charge < -0.3 is 19.0 Å². The third-order valence-electron chi connectivity index (χ3n) is 5.09. The molecular formula is C23H16O6. The van der Waals surface area contributed by atoms with Crippen LogP contribution in [-0.4, -0.2) is 16.9 Å². The number of esters is 1. The fourth-order valence-electron chi connectivity index (χ4n) is 3.79. The van der Waals surface area contributed by atoms with Gasteiger partial charge in [0.25, 0.3) is 0 Å². The molecule has 29 heavy (non-hydrogen) atoms. The second kappa shape index (κ2) is 6.38. The van der Waals surface area contributed by atoms with Gasteiger partial charge in [0, 0.05) is 17.6 Å². The van der Waals surface area contributed by atoms with Crippen LogP contribution < -0.4 is 9.47 Å². The average Bonchev–Trinajstić information content (AvgIpc) is 3.24. The number of aromatic hydroxyl groups is 1. The molecule has 6 nitrogen and oxygen atoms in total. The van der Waals surface area contributed by atoms with Crippen LogP contribution in [0.4, 0.5) is 0 Å². The molecule has 1 unspecified atom stereocenters. The molecule has 1 N–H and O–H groups in total. The summed E-state index contributed by atoms with van der Waals surface area (Å²) in [4.78, 5) is 25.0. The lowest BCUT2D eigenvalue weighted by Crippen LogP contribution is -2.21. The Hall–Kier alpha value is -3.80. The number of ketones is 1. The van der Waals surface area contributed by atoms with Gasteiger partial charge in [0.15, 0.2) is 5.76 Å². The van der Waals surface area contributed by atoms with Crippen molar-refractivity contribution in [3.63, 3.8) is 0 Å². The molecule has 0 saturated heterocycles. The molecule has 1 aromatic heterocycles. The van der Waals surface area contributed by atoms with Gasteiger partial charge in [-0.25, -0.2) is 0 Å². The molecule has 0 fully saturated rings. The Labute approximate surface area is 166 Å². The third-order valence-corrected chi connectivity index (χ3v) is 5.09. The standard InChI is InChI=1S/C23H16O6/c1-12-5-6-15(27-12)10-19-22(26)16-7-8-18-21(23(16)29-19)17(11-20(25)28-18)13-3-2-4-14(24)9-13/h2-10,17,24H,11H2,1H3. The quantitative estimate of drug-likeness (QED) is 0.399. The number of ether oxygens (including phenoxy) is 2. The van der Waals surface area contributed by atoms with Crippen LogP contribution in [0.15, 0.2) is 58.7 Å². The number of hydrogen-bond donors (Lipinski definition) is 1. The number of carbonyl (C=O) groups is 2. The summed E-state index contributed by atoms with van der Waals surface area (Å²) < 4.78 is 16.9. The van der Waals surface area contributed by atoms with Gasteiger partial charge in [-0.05, 0) is 48.9 Å². The number of fused-ring (bicyclic) bond motifs is 3. The Bertz CT molecular complexity index is 1200. The summed E-state index contributed by atoms with van der Waals surface area (Å²) in [7, 11) is 0. The van der Waals surface area contributed by atoms with Crippen molar-refractivity contribution in [2.24, 2.45) is 0 Å². The Morgan fingerprint density at radius 3 is 2.69 bits per heavy atom. The molecule has 0 saturated carbocycles. The van der Waals surface area contributed by atoms with Crippen LogP contribution in [-0.2, 0) is 4.79 Å². The number of allylic oxidation sites excluding steroid dienone is 1. The van der Waals surface area contributed by atoms with E-state index >= 15 is 0 Å². The van der Waals surface area contributed by atoms with Crippen molar-refractivity contribution < 1.29 is 28.6 Å². The molecule has 3 aromatic rings. The molecular weight excluding hydrogens is 372 g/mol. The average molecular weight is 388 g/mol. The summed E-state index contributed by atoms with van der Waals surface area (Å²) >= 11 is 0. The van der Waals surface area contributed by atoms with Gasteiger partial charge in [-0.15, -0.1) is 0 Å². The maximum absolute atomic E-state index is 12.9. The summed E-state index contributed by atoms with van der Waals surface area (Å²) in [5, 5.41) is 9.88. The van der Waals surface area contributed by atoms with Crippen LogP contribution in [0.1, 0.15) is 45.3 Å². The lowest BCUT2D eigenvalue weighted by molar-refractivity contribution is -0.135. The number of phenolic OH excluding ortho intramolecular Hbond substituents is 1. The molecule has 0 bridgehead atoms. The van der Waals surface area contributed by atoms with Gasteiger partial charge in [0.2, 0.25) is 5.78 Å². The topological polar surface area (TPSA) is 86.0 Å². The zero-order valence-corrected chi connectivity index (χ0v) is 15.5. The van der Waals surface area contributed by atoms with E-state index in [1.165, 1.54) is 0 Å². The number of benzene rings is 2. The van der Waals surface area contributed by atoms with Gasteiger partial charge >= 0.3 is 5.97 Å². The molecule has 5 rings (SSSR count). The number of carbonyl (C=O) groups excluding carboxylic acids is 2. The molecule has 3 heterocycles. The van der Waals surface area contributed by atoms with Crippen LogP contribution in [0.5, 0.6) is 17.2 Å².